The number of carbonyl (C=O) groups is 8. The fourth-order valence-electron chi connectivity index (χ4n) is 9.50. The fourth-order valence-corrected chi connectivity index (χ4v) is 13.8. The number of hydrogen-bond acceptors (Lipinski definition) is 23. The summed E-state index contributed by atoms with van der Waals surface area (Å²) in [4.78, 5) is 108. The summed E-state index contributed by atoms with van der Waals surface area (Å²) in [5.74, 6) is 2.70. The molecule has 0 saturated heterocycles. The molecule has 0 aromatic carbocycles. The van der Waals surface area contributed by atoms with Crippen molar-refractivity contribution >= 4 is 94.8 Å². The van der Waals surface area contributed by atoms with Crippen molar-refractivity contribution in [1.82, 2.24) is 14.7 Å². The summed E-state index contributed by atoms with van der Waals surface area (Å²) in [5.41, 5.74) is 0. The van der Waals surface area contributed by atoms with E-state index in [0.29, 0.717) is 88.2 Å². The van der Waals surface area contributed by atoms with Crippen molar-refractivity contribution in [3.8, 4) is 0 Å². The molecule has 0 spiro atoms. The van der Waals surface area contributed by atoms with Crippen LogP contribution in [0, 0.1) is 23.7 Å². The van der Waals surface area contributed by atoms with E-state index in [0.717, 1.165) is 48.7 Å². The molecule has 0 heterocycles. The average Bonchev–Trinajstić information content (AvgIpc) is 3.63. The molecule has 4 unspecified atom stereocenters. The molecule has 0 amide bonds. The lowest BCUT2D eigenvalue weighted by Crippen LogP contribution is -2.34. The Labute approximate surface area is 586 Å². The van der Waals surface area contributed by atoms with E-state index in [9.17, 15) is 38.4 Å². The molecule has 0 radical (unpaired) electrons. The minimum Gasteiger partial charge on any atom is -0.462 e. The lowest BCUT2D eigenvalue weighted by Gasteiger charge is -2.25. The molecule has 0 rings (SSSR count). The zero-order chi connectivity index (χ0) is 69.5. The number of carbonyl (C=O) groups excluding carboxylic acids is 8. The van der Waals surface area contributed by atoms with Crippen LogP contribution < -0.4 is 0 Å². The Kier molecular flexibility index (Phi) is 63.9. The Morgan fingerprint density at radius 2 is 0.489 bits per heavy atom. The van der Waals surface area contributed by atoms with E-state index in [4.69, 9.17) is 37.9 Å². The molecule has 94 heavy (non-hydrogen) atoms. The molecular formula is C71H131N3O16S4. The average molecular weight is 1410 g/mol. The van der Waals surface area contributed by atoms with Crippen LogP contribution in [-0.2, 0) is 76.3 Å². The Hall–Kier alpha value is -2.96. The number of esters is 8. The number of rotatable bonds is 68. The number of thioether (sulfide) groups is 4. The van der Waals surface area contributed by atoms with Crippen molar-refractivity contribution in [1.29, 1.82) is 0 Å². The topological polar surface area (TPSA) is 220 Å². The molecular weight excluding hydrogens is 1280 g/mol. The first kappa shape index (κ1) is 91.0. The first-order chi connectivity index (χ1) is 45.5. The SMILES string of the molecule is CCCCCCCSCC(C)C(=O)OCCOC(=O)CCN(CCCN(C)CCCN(CCC(=O)OCCOC(=O)C(C)CSCCCCCCC)CCC(=O)OCCOC(=O)C(C)CSCCCCCCC)CCC(=O)OCCOC(=O)C(C)CSCCCCCCC. The van der Waals surface area contributed by atoms with Gasteiger partial charge in [0.2, 0.25) is 0 Å². The van der Waals surface area contributed by atoms with Crippen LogP contribution in [0.15, 0.2) is 0 Å². The van der Waals surface area contributed by atoms with E-state index in [1.807, 2.05) is 44.5 Å². The van der Waals surface area contributed by atoms with Crippen molar-refractivity contribution in [2.24, 2.45) is 23.7 Å². The van der Waals surface area contributed by atoms with Gasteiger partial charge in [0.15, 0.2) is 0 Å². The minimum absolute atomic E-state index is 0.0292. The summed E-state index contributed by atoms with van der Waals surface area (Å²) in [7, 11) is 2.01. The van der Waals surface area contributed by atoms with Crippen molar-refractivity contribution in [3.63, 3.8) is 0 Å². The van der Waals surface area contributed by atoms with Gasteiger partial charge in [-0.05, 0) is 94.8 Å². The molecule has 550 valence electrons. The first-order valence-corrected chi connectivity index (χ1v) is 40.8. The van der Waals surface area contributed by atoms with Gasteiger partial charge < -0.3 is 52.6 Å². The molecule has 19 nitrogen and oxygen atoms in total. The van der Waals surface area contributed by atoms with Crippen molar-refractivity contribution in [3.05, 3.63) is 0 Å². The second kappa shape index (κ2) is 65.9. The van der Waals surface area contributed by atoms with Crippen LogP contribution in [0.5, 0.6) is 0 Å². The van der Waals surface area contributed by atoms with Crippen LogP contribution in [0.4, 0.5) is 0 Å². The molecule has 0 aromatic heterocycles. The van der Waals surface area contributed by atoms with Crippen LogP contribution in [-0.4, -0.2) is 221 Å². The highest BCUT2D eigenvalue weighted by Crippen LogP contribution is 2.18. The van der Waals surface area contributed by atoms with Crippen LogP contribution in [0.2, 0.25) is 0 Å². The van der Waals surface area contributed by atoms with E-state index in [-0.39, 0.29) is 126 Å². The van der Waals surface area contributed by atoms with Crippen molar-refractivity contribution in [2.45, 2.75) is 222 Å². The lowest BCUT2D eigenvalue weighted by molar-refractivity contribution is -0.154. The van der Waals surface area contributed by atoms with Gasteiger partial charge >= 0.3 is 47.8 Å². The molecule has 0 fully saturated rings. The van der Waals surface area contributed by atoms with Gasteiger partial charge in [-0.15, -0.1) is 0 Å². The van der Waals surface area contributed by atoms with Gasteiger partial charge in [0, 0.05) is 49.2 Å². The quantitative estimate of drug-likeness (QED) is 0.0314. The Balaban J connectivity index is 5.49. The minimum atomic E-state index is -0.446. The molecule has 23 heteroatoms. The maximum Gasteiger partial charge on any atom is 0.309 e. The molecule has 0 aromatic rings. The van der Waals surface area contributed by atoms with Gasteiger partial charge in [-0.1, -0.05) is 158 Å². The molecule has 0 aliphatic heterocycles. The highest BCUT2D eigenvalue weighted by atomic mass is 32.2. The van der Waals surface area contributed by atoms with Crippen LogP contribution in [0.3, 0.4) is 0 Å². The molecule has 0 aliphatic carbocycles. The zero-order valence-electron chi connectivity index (χ0n) is 60.2. The summed E-state index contributed by atoms with van der Waals surface area (Å²) in [6.07, 6.45) is 25.8. The molecule has 4 atom stereocenters. The largest absolute Gasteiger partial charge is 0.462 e. The second-order valence-electron chi connectivity index (χ2n) is 24.8. The number of hydrogen-bond donors (Lipinski definition) is 0. The lowest BCUT2D eigenvalue weighted by atomic mass is 10.2. The van der Waals surface area contributed by atoms with E-state index < -0.39 is 23.9 Å². The second-order valence-corrected chi connectivity index (χ2v) is 29.4. The molecule has 0 aliphatic rings. The summed E-state index contributed by atoms with van der Waals surface area (Å²) in [5, 5.41) is 0. The maximum absolute atomic E-state index is 13.0. The van der Waals surface area contributed by atoms with E-state index in [2.05, 4.69) is 32.6 Å². The van der Waals surface area contributed by atoms with Gasteiger partial charge in [-0.3, -0.25) is 38.4 Å². The standard InChI is InChI=1S/C71H131N3O16S4/c1-10-14-18-22-26-52-91-56-60(5)68(79)87-48-44-83-64(75)32-40-73(41-33-65(76)84-45-49-88-69(80)61(6)57-92-53-27-23-19-15-11-2)38-30-36-72(9)37-31-39-74(42-34-66(77)85-46-50-89-70(81)62(7)58-93-54-28-24-20-16-12-3)43-35-67(78)86-47-51-90-71(82)63(8)59-94-55-29-25-21-17-13-4/h60-63H,10-59H2,1-9H3. The van der Waals surface area contributed by atoms with E-state index in [1.54, 1.807) is 47.0 Å². The van der Waals surface area contributed by atoms with Crippen molar-refractivity contribution in [2.75, 3.05) is 158 Å². The molecule has 0 N–H and O–H groups in total. The third kappa shape index (κ3) is 58.0. The van der Waals surface area contributed by atoms with Crippen LogP contribution in [0.1, 0.15) is 222 Å². The maximum atomic E-state index is 13.0. The van der Waals surface area contributed by atoms with Gasteiger partial charge in [0.05, 0.1) is 49.4 Å². The summed E-state index contributed by atoms with van der Waals surface area (Å²) >= 11 is 7.03. The van der Waals surface area contributed by atoms with Gasteiger partial charge in [-0.2, -0.15) is 47.0 Å². The smallest absolute Gasteiger partial charge is 0.309 e. The Morgan fingerprint density at radius 3 is 0.713 bits per heavy atom. The number of unbranched alkanes of at least 4 members (excludes halogenated alkanes) is 16. The Morgan fingerprint density at radius 1 is 0.277 bits per heavy atom. The zero-order valence-corrected chi connectivity index (χ0v) is 63.4. The normalized spacial score (nSPS) is 12.7. The van der Waals surface area contributed by atoms with E-state index in [1.165, 1.54) is 103 Å². The third-order valence-corrected chi connectivity index (χ3v) is 20.8. The predicted molar refractivity (Wildman–Crippen MR) is 387 cm³/mol. The first-order valence-electron chi connectivity index (χ1n) is 36.2. The summed E-state index contributed by atoms with van der Waals surface area (Å²) in [6.45, 7) is 19.6. The summed E-state index contributed by atoms with van der Waals surface area (Å²) in [6, 6.07) is 0. The Bertz CT molecular complexity index is 1660. The van der Waals surface area contributed by atoms with Crippen molar-refractivity contribution < 1.29 is 76.3 Å². The fraction of sp³-hybridized carbons (Fsp3) is 0.887. The van der Waals surface area contributed by atoms with Crippen LogP contribution in [0.25, 0.3) is 0 Å². The molecule has 0 saturated carbocycles. The van der Waals surface area contributed by atoms with Gasteiger partial charge in [0.1, 0.15) is 52.9 Å². The van der Waals surface area contributed by atoms with Gasteiger partial charge in [0.25, 0.3) is 0 Å². The van der Waals surface area contributed by atoms with E-state index >= 15 is 0 Å². The number of nitrogens with zero attached hydrogens (tertiary/aromatic N) is 3. The van der Waals surface area contributed by atoms with Gasteiger partial charge in [-0.25, -0.2) is 0 Å². The highest BCUT2D eigenvalue weighted by molar-refractivity contribution is 7.99. The third-order valence-electron chi connectivity index (χ3n) is 15.6. The highest BCUT2D eigenvalue weighted by Gasteiger charge is 2.21. The summed E-state index contributed by atoms with van der Waals surface area (Å²) < 4.78 is 43.4. The number of ether oxygens (including phenoxy) is 8. The predicted octanol–water partition coefficient (Wildman–Crippen LogP) is 13.6. The monoisotopic (exact) mass is 1410 g/mol. The molecule has 0 bridgehead atoms. The van der Waals surface area contributed by atoms with Crippen LogP contribution >= 0.6 is 47.0 Å².